The van der Waals surface area contributed by atoms with Crippen molar-refractivity contribution >= 4 is 23.2 Å². The van der Waals surface area contributed by atoms with Crippen LogP contribution in [-0.2, 0) is 4.79 Å². The van der Waals surface area contributed by atoms with E-state index in [2.05, 4.69) is 10.6 Å². The largest absolute Gasteiger partial charge is 0.492 e. The molecule has 4 nitrogen and oxygen atoms in total. The Bertz CT molecular complexity index is 445. The van der Waals surface area contributed by atoms with Gasteiger partial charge in [-0.3, -0.25) is 4.79 Å². The Morgan fingerprint density at radius 1 is 1.53 bits per heavy atom. The molecule has 1 heterocycles. The summed E-state index contributed by atoms with van der Waals surface area (Å²) in [5, 5.41) is 6.61. The molecule has 0 radical (unpaired) electrons. The molecule has 1 aromatic rings. The highest BCUT2D eigenvalue weighted by Gasteiger charge is 2.20. The molecule has 1 aliphatic heterocycles. The average molecular weight is 283 g/mol. The van der Waals surface area contributed by atoms with Gasteiger partial charge in [0, 0.05) is 5.69 Å². The molecule has 1 aliphatic rings. The van der Waals surface area contributed by atoms with Crippen LogP contribution in [0.5, 0.6) is 5.75 Å². The number of carbonyl (C=O) groups excluding carboxylic acids is 1. The van der Waals surface area contributed by atoms with Crippen LogP contribution < -0.4 is 15.4 Å². The summed E-state index contributed by atoms with van der Waals surface area (Å²) in [6.07, 6.45) is 3.12. The van der Waals surface area contributed by atoms with E-state index in [0.29, 0.717) is 23.1 Å². The van der Waals surface area contributed by atoms with Crippen molar-refractivity contribution in [2.45, 2.75) is 32.2 Å². The fourth-order valence-corrected chi connectivity index (χ4v) is 2.39. The van der Waals surface area contributed by atoms with E-state index in [1.165, 1.54) is 0 Å². The summed E-state index contributed by atoms with van der Waals surface area (Å²) in [6, 6.07) is 5.19. The van der Waals surface area contributed by atoms with Gasteiger partial charge in [0.05, 0.1) is 17.7 Å². The van der Waals surface area contributed by atoms with Gasteiger partial charge in [0.2, 0.25) is 5.91 Å². The van der Waals surface area contributed by atoms with Crippen molar-refractivity contribution in [3.8, 4) is 5.75 Å². The van der Waals surface area contributed by atoms with Crippen LogP contribution in [-0.4, -0.2) is 25.1 Å². The quantitative estimate of drug-likeness (QED) is 0.893. The topological polar surface area (TPSA) is 50.4 Å². The predicted molar refractivity (Wildman–Crippen MR) is 76.9 cm³/mol. The van der Waals surface area contributed by atoms with Gasteiger partial charge in [0.15, 0.2) is 0 Å². The summed E-state index contributed by atoms with van der Waals surface area (Å²) in [6.45, 7) is 3.38. The van der Waals surface area contributed by atoms with Crippen molar-refractivity contribution in [2.75, 3.05) is 18.5 Å². The first-order chi connectivity index (χ1) is 9.20. The van der Waals surface area contributed by atoms with E-state index in [4.69, 9.17) is 16.3 Å². The van der Waals surface area contributed by atoms with E-state index in [0.717, 1.165) is 25.8 Å². The fraction of sp³-hybridized carbons (Fsp3) is 0.500. The van der Waals surface area contributed by atoms with Crippen molar-refractivity contribution in [2.24, 2.45) is 0 Å². The molecule has 0 aliphatic carbocycles. The molecule has 19 heavy (non-hydrogen) atoms. The molecular weight excluding hydrogens is 264 g/mol. The van der Waals surface area contributed by atoms with Crippen molar-refractivity contribution < 1.29 is 9.53 Å². The molecule has 1 atom stereocenters. The van der Waals surface area contributed by atoms with Gasteiger partial charge in [-0.2, -0.15) is 0 Å². The first kappa shape index (κ1) is 14.2. The maximum Gasteiger partial charge on any atom is 0.241 e. The fourth-order valence-electron chi connectivity index (χ4n) is 2.16. The molecule has 1 saturated heterocycles. The van der Waals surface area contributed by atoms with Crippen LogP contribution >= 0.6 is 11.6 Å². The van der Waals surface area contributed by atoms with Gasteiger partial charge in [-0.1, -0.05) is 18.0 Å². The normalized spacial score (nSPS) is 18.9. The highest BCUT2D eigenvalue weighted by molar-refractivity contribution is 6.32. The monoisotopic (exact) mass is 282 g/mol. The second-order valence-electron chi connectivity index (χ2n) is 4.57. The second-order valence-corrected chi connectivity index (χ2v) is 4.98. The van der Waals surface area contributed by atoms with Crippen LogP contribution in [0.2, 0.25) is 5.02 Å². The van der Waals surface area contributed by atoms with E-state index >= 15 is 0 Å². The number of benzene rings is 1. The summed E-state index contributed by atoms with van der Waals surface area (Å²) in [5.41, 5.74) is 0.700. The zero-order valence-corrected chi connectivity index (χ0v) is 11.8. The van der Waals surface area contributed by atoms with Crippen LogP contribution in [0, 0.1) is 0 Å². The van der Waals surface area contributed by atoms with Crippen molar-refractivity contribution in [1.82, 2.24) is 5.32 Å². The molecule has 0 saturated carbocycles. The van der Waals surface area contributed by atoms with Crippen LogP contribution in [0.4, 0.5) is 5.69 Å². The number of carbonyl (C=O) groups is 1. The molecule has 2 rings (SSSR count). The Hall–Kier alpha value is -1.26. The summed E-state index contributed by atoms with van der Waals surface area (Å²) >= 11 is 6.09. The lowest BCUT2D eigenvalue weighted by atomic mass is 10.0. The number of anilines is 1. The third-order valence-electron chi connectivity index (χ3n) is 3.13. The Morgan fingerprint density at radius 2 is 2.37 bits per heavy atom. The lowest BCUT2D eigenvalue weighted by Gasteiger charge is -2.22. The Balaban J connectivity index is 1.98. The molecule has 0 aromatic heterocycles. The zero-order valence-electron chi connectivity index (χ0n) is 11.0. The zero-order chi connectivity index (χ0) is 13.7. The maximum absolute atomic E-state index is 12.0. The van der Waals surface area contributed by atoms with E-state index in [1.807, 2.05) is 6.92 Å². The highest BCUT2D eigenvalue weighted by atomic mass is 35.5. The summed E-state index contributed by atoms with van der Waals surface area (Å²) in [5.74, 6) is 0.637. The Morgan fingerprint density at radius 3 is 3.00 bits per heavy atom. The summed E-state index contributed by atoms with van der Waals surface area (Å²) < 4.78 is 5.36. The third-order valence-corrected chi connectivity index (χ3v) is 3.42. The van der Waals surface area contributed by atoms with E-state index in [9.17, 15) is 4.79 Å². The van der Waals surface area contributed by atoms with Crippen LogP contribution in [0.15, 0.2) is 18.2 Å². The second kappa shape index (κ2) is 6.78. The van der Waals surface area contributed by atoms with Gasteiger partial charge >= 0.3 is 0 Å². The van der Waals surface area contributed by atoms with Gasteiger partial charge in [-0.15, -0.1) is 0 Å². The standard InChI is InChI=1S/C14H19ClN2O2/c1-2-19-13-7-6-10(9-11(13)15)17-14(18)12-5-3-4-8-16-12/h6-7,9,12,16H,2-5,8H2,1H3,(H,17,18)/t12-/m1/s1. The lowest BCUT2D eigenvalue weighted by Crippen LogP contribution is -2.43. The first-order valence-electron chi connectivity index (χ1n) is 6.67. The molecular formula is C14H19ClN2O2. The minimum atomic E-state index is -0.0981. The smallest absolute Gasteiger partial charge is 0.241 e. The molecule has 0 bridgehead atoms. The molecule has 5 heteroatoms. The number of piperidine rings is 1. The van der Waals surface area contributed by atoms with Crippen molar-refractivity contribution in [3.05, 3.63) is 23.2 Å². The molecule has 1 aromatic carbocycles. The predicted octanol–water partition coefficient (Wildman–Crippen LogP) is 2.82. The molecule has 1 amide bonds. The lowest BCUT2D eigenvalue weighted by molar-refractivity contribution is -0.118. The Kier molecular flexibility index (Phi) is 5.05. The minimum Gasteiger partial charge on any atom is -0.492 e. The van der Waals surface area contributed by atoms with E-state index in [-0.39, 0.29) is 11.9 Å². The number of hydrogen-bond donors (Lipinski definition) is 2. The molecule has 0 spiro atoms. The highest BCUT2D eigenvalue weighted by Crippen LogP contribution is 2.27. The Labute approximate surface area is 118 Å². The van der Waals surface area contributed by atoms with Crippen LogP contribution in [0.1, 0.15) is 26.2 Å². The van der Waals surface area contributed by atoms with Crippen molar-refractivity contribution in [3.63, 3.8) is 0 Å². The maximum atomic E-state index is 12.0. The number of halogens is 1. The number of amides is 1. The minimum absolute atomic E-state index is 0.0000680. The number of hydrogen-bond acceptors (Lipinski definition) is 3. The van der Waals surface area contributed by atoms with E-state index < -0.39 is 0 Å². The molecule has 104 valence electrons. The van der Waals surface area contributed by atoms with Gasteiger partial charge in [-0.25, -0.2) is 0 Å². The summed E-state index contributed by atoms with van der Waals surface area (Å²) in [4.78, 5) is 12.0. The third kappa shape index (κ3) is 3.85. The van der Waals surface area contributed by atoms with Gasteiger partial charge in [-0.05, 0) is 44.5 Å². The number of ether oxygens (including phenoxy) is 1. The number of rotatable bonds is 4. The van der Waals surface area contributed by atoms with Crippen LogP contribution in [0.3, 0.4) is 0 Å². The van der Waals surface area contributed by atoms with Gasteiger partial charge in [0.1, 0.15) is 5.75 Å². The van der Waals surface area contributed by atoms with E-state index in [1.54, 1.807) is 18.2 Å². The SMILES string of the molecule is CCOc1ccc(NC(=O)[C@H]2CCCCN2)cc1Cl. The summed E-state index contributed by atoms with van der Waals surface area (Å²) in [7, 11) is 0. The van der Waals surface area contributed by atoms with Gasteiger partial charge < -0.3 is 15.4 Å². The van der Waals surface area contributed by atoms with Crippen LogP contribution in [0.25, 0.3) is 0 Å². The first-order valence-corrected chi connectivity index (χ1v) is 7.05. The number of nitrogens with one attached hydrogen (secondary N) is 2. The molecule has 1 fully saturated rings. The van der Waals surface area contributed by atoms with Gasteiger partial charge in [0.25, 0.3) is 0 Å². The van der Waals surface area contributed by atoms with Crippen molar-refractivity contribution in [1.29, 1.82) is 0 Å². The molecule has 2 N–H and O–H groups in total. The average Bonchev–Trinajstić information content (AvgIpc) is 2.43. The molecule has 0 unspecified atom stereocenters.